The van der Waals surface area contributed by atoms with Gasteiger partial charge in [-0.2, -0.15) is 0 Å². The molecule has 0 saturated heterocycles. The quantitative estimate of drug-likeness (QED) is 0.369. The van der Waals surface area contributed by atoms with Crippen LogP contribution >= 0.6 is 15.9 Å². The van der Waals surface area contributed by atoms with Crippen molar-refractivity contribution >= 4 is 27.9 Å². The van der Waals surface area contributed by atoms with Crippen molar-refractivity contribution in [2.75, 3.05) is 7.11 Å². The summed E-state index contributed by atoms with van der Waals surface area (Å²) in [5.74, 6) is -0.201. The highest BCUT2D eigenvalue weighted by atomic mass is 79.9. The first-order valence-electron chi connectivity index (χ1n) is 4.14. The first kappa shape index (κ1) is 12.2. The second kappa shape index (κ2) is 5.89. The molecule has 0 saturated carbocycles. The SMILES string of the molecule is COc1ncc(/C=C/C(=O)N=[N+]=[N-])cc1Br. The monoisotopic (exact) mass is 282 g/mol. The predicted molar refractivity (Wildman–Crippen MR) is 61.7 cm³/mol. The number of nitrogens with zero attached hydrogens (tertiary/aromatic N) is 4. The molecule has 0 spiro atoms. The van der Waals surface area contributed by atoms with Crippen LogP contribution in [-0.2, 0) is 4.79 Å². The van der Waals surface area contributed by atoms with Gasteiger partial charge in [0.05, 0.1) is 11.6 Å². The fraction of sp³-hybridized carbons (Fsp3) is 0.111. The van der Waals surface area contributed by atoms with Crippen LogP contribution in [0.1, 0.15) is 5.56 Å². The first-order chi connectivity index (χ1) is 7.67. The zero-order valence-electron chi connectivity index (χ0n) is 8.29. The van der Waals surface area contributed by atoms with Crippen LogP contribution in [0.5, 0.6) is 5.88 Å². The smallest absolute Gasteiger partial charge is 0.242 e. The second-order valence-electron chi connectivity index (χ2n) is 2.62. The summed E-state index contributed by atoms with van der Waals surface area (Å²) in [6, 6.07) is 1.73. The maximum absolute atomic E-state index is 10.9. The Morgan fingerprint density at radius 2 is 2.50 bits per heavy atom. The third-order valence-corrected chi connectivity index (χ3v) is 2.15. The molecule has 0 N–H and O–H groups in total. The zero-order chi connectivity index (χ0) is 12.0. The molecule has 0 aromatic carbocycles. The van der Waals surface area contributed by atoms with Crippen molar-refractivity contribution in [2.24, 2.45) is 5.11 Å². The summed E-state index contributed by atoms with van der Waals surface area (Å²) >= 11 is 3.26. The average Bonchev–Trinajstić information content (AvgIpc) is 2.27. The van der Waals surface area contributed by atoms with Crippen LogP contribution in [0.4, 0.5) is 0 Å². The zero-order valence-corrected chi connectivity index (χ0v) is 9.88. The summed E-state index contributed by atoms with van der Waals surface area (Å²) in [6.07, 6.45) is 4.19. The molecule has 0 aliphatic heterocycles. The standard InChI is InChI=1S/C9H7BrN4O2/c1-16-9-7(10)4-6(5-12-9)2-3-8(15)13-14-11/h2-5H,1H3/b3-2+. The van der Waals surface area contributed by atoms with Gasteiger partial charge in [-0.05, 0) is 50.4 Å². The maximum atomic E-state index is 10.9. The molecule has 1 amide bonds. The molecule has 1 aromatic heterocycles. The predicted octanol–water partition coefficient (Wildman–Crippen LogP) is 2.70. The van der Waals surface area contributed by atoms with Crippen molar-refractivity contribution in [3.63, 3.8) is 0 Å². The molecular weight excluding hydrogens is 276 g/mol. The Bertz CT molecular complexity index is 480. The number of methoxy groups -OCH3 is 1. The summed E-state index contributed by atoms with van der Waals surface area (Å²) in [7, 11) is 1.51. The number of pyridine rings is 1. The lowest BCUT2D eigenvalue weighted by atomic mass is 10.2. The summed E-state index contributed by atoms with van der Waals surface area (Å²) in [5, 5.41) is 2.89. The molecule has 1 heterocycles. The third-order valence-electron chi connectivity index (χ3n) is 1.58. The van der Waals surface area contributed by atoms with Gasteiger partial charge in [0, 0.05) is 11.1 Å². The van der Waals surface area contributed by atoms with Gasteiger partial charge in [0.25, 0.3) is 0 Å². The van der Waals surface area contributed by atoms with Crippen LogP contribution in [-0.4, -0.2) is 18.0 Å². The minimum Gasteiger partial charge on any atom is -0.480 e. The third kappa shape index (κ3) is 3.38. The molecule has 0 unspecified atom stereocenters. The Morgan fingerprint density at radius 1 is 1.75 bits per heavy atom. The fourth-order valence-electron chi connectivity index (χ4n) is 0.926. The molecule has 82 valence electrons. The number of hydrogen-bond acceptors (Lipinski definition) is 3. The first-order valence-corrected chi connectivity index (χ1v) is 4.93. The number of ether oxygens (including phenoxy) is 1. The van der Waals surface area contributed by atoms with E-state index in [9.17, 15) is 4.79 Å². The van der Waals surface area contributed by atoms with E-state index in [4.69, 9.17) is 10.3 Å². The van der Waals surface area contributed by atoms with Crippen LogP contribution < -0.4 is 4.74 Å². The van der Waals surface area contributed by atoms with Gasteiger partial charge < -0.3 is 4.74 Å². The highest BCUT2D eigenvalue weighted by Crippen LogP contribution is 2.22. The number of rotatable bonds is 3. The van der Waals surface area contributed by atoms with E-state index in [0.717, 1.165) is 6.08 Å². The van der Waals surface area contributed by atoms with E-state index in [1.165, 1.54) is 19.4 Å². The van der Waals surface area contributed by atoms with Crippen molar-refractivity contribution in [2.45, 2.75) is 0 Å². The van der Waals surface area contributed by atoms with E-state index in [0.29, 0.717) is 15.9 Å². The van der Waals surface area contributed by atoms with E-state index in [1.807, 2.05) is 0 Å². The van der Waals surface area contributed by atoms with Crippen molar-refractivity contribution in [1.82, 2.24) is 4.98 Å². The Hall–Kier alpha value is -1.85. The number of azide groups is 1. The molecule has 7 heteroatoms. The lowest BCUT2D eigenvalue weighted by Crippen LogP contribution is -1.89. The van der Waals surface area contributed by atoms with Crippen molar-refractivity contribution in [3.8, 4) is 5.88 Å². The lowest BCUT2D eigenvalue weighted by molar-refractivity contribution is -0.113. The molecule has 1 aromatic rings. The minimum atomic E-state index is -0.658. The Labute approximate surface area is 99.7 Å². The van der Waals surface area contributed by atoms with Gasteiger partial charge in [-0.1, -0.05) is 0 Å². The maximum Gasteiger partial charge on any atom is 0.242 e. The van der Waals surface area contributed by atoms with Gasteiger partial charge in [-0.15, -0.1) is 0 Å². The van der Waals surface area contributed by atoms with Crippen LogP contribution in [0.15, 0.2) is 27.9 Å². The largest absolute Gasteiger partial charge is 0.480 e. The Kier molecular flexibility index (Phi) is 4.50. The van der Waals surface area contributed by atoms with Gasteiger partial charge in [-0.3, -0.25) is 4.79 Å². The highest BCUT2D eigenvalue weighted by Gasteiger charge is 2.01. The summed E-state index contributed by atoms with van der Waals surface area (Å²) in [4.78, 5) is 17.2. The van der Waals surface area contributed by atoms with E-state index in [1.54, 1.807) is 6.07 Å². The van der Waals surface area contributed by atoms with Crippen LogP contribution in [0, 0.1) is 0 Å². The van der Waals surface area contributed by atoms with Crippen molar-refractivity contribution < 1.29 is 9.53 Å². The molecular formula is C9H7BrN4O2. The number of hydrogen-bond donors (Lipinski definition) is 0. The lowest BCUT2D eigenvalue weighted by Gasteiger charge is -2.01. The Morgan fingerprint density at radius 3 is 3.06 bits per heavy atom. The molecule has 0 fully saturated rings. The van der Waals surface area contributed by atoms with Gasteiger partial charge in [0.15, 0.2) is 0 Å². The Balaban J connectivity index is 2.86. The van der Waals surface area contributed by atoms with E-state index < -0.39 is 5.91 Å². The highest BCUT2D eigenvalue weighted by molar-refractivity contribution is 9.10. The summed E-state index contributed by atoms with van der Waals surface area (Å²) in [5.41, 5.74) is 8.70. The normalized spacial score (nSPS) is 9.88. The second-order valence-corrected chi connectivity index (χ2v) is 3.48. The topological polar surface area (TPSA) is 88.0 Å². The average molecular weight is 283 g/mol. The van der Waals surface area contributed by atoms with E-state index in [2.05, 4.69) is 30.9 Å². The van der Waals surface area contributed by atoms with Crippen LogP contribution in [0.3, 0.4) is 0 Å². The van der Waals surface area contributed by atoms with Crippen LogP contribution in [0.25, 0.3) is 16.5 Å². The summed E-state index contributed by atoms with van der Waals surface area (Å²) < 4.78 is 5.62. The van der Waals surface area contributed by atoms with E-state index in [-0.39, 0.29) is 0 Å². The molecule has 0 atom stereocenters. The minimum absolute atomic E-state index is 0.457. The number of carbonyl (C=O) groups is 1. The molecule has 0 aliphatic carbocycles. The molecule has 0 bridgehead atoms. The van der Waals surface area contributed by atoms with Crippen LogP contribution in [0.2, 0.25) is 0 Å². The molecule has 0 aliphatic rings. The van der Waals surface area contributed by atoms with Gasteiger partial charge in [-0.25, -0.2) is 4.98 Å². The molecule has 0 radical (unpaired) electrons. The van der Waals surface area contributed by atoms with Crippen molar-refractivity contribution in [1.29, 1.82) is 0 Å². The number of amides is 1. The fourth-order valence-corrected chi connectivity index (χ4v) is 1.46. The number of halogens is 1. The molecule has 1 rings (SSSR count). The number of carbonyl (C=O) groups excluding carboxylic acids is 1. The molecule has 16 heavy (non-hydrogen) atoms. The number of aromatic nitrogens is 1. The van der Waals surface area contributed by atoms with Crippen molar-refractivity contribution in [3.05, 3.63) is 38.8 Å². The van der Waals surface area contributed by atoms with Gasteiger partial charge in [0.2, 0.25) is 11.8 Å². The van der Waals surface area contributed by atoms with Gasteiger partial charge >= 0.3 is 0 Å². The van der Waals surface area contributed by atoms with Gasteiger partial charge in [0.1, 0.15) is 0 Å². The molecule has 6 nitrogen and oxygen atoms in total. The van der Waals surface area contributed by atoms with E-state index >= 15 is 0 Å². The summed E-state index contributed by atoms with van der Waals surface area (Å²) in [6.45, 7) is 0.